The van der Waals surface area contributed by atoms with Gasteiger partial charge in [0.05, 0.1) is 12.5 Å². The smallest absolute Gasteiger partial charge is 0.141 e. The highest BCUT2D eigenvalue weighted by molar-refractivity contribution is 6.02. The van der Waals surface area contributed by atoms with Crippen molar-refractivity contribution in [2.75, 3.05) is 0 Å². The Morgan fingerprint density at radius 2 is 1.48 bits per heavy atom. The molecule has 0 saturated carbocycles. The van der Waals surface area contributed by atoms with Crippen LogP contribution in [0.4, 0.5) is 0 Å². The zero-order chi connectivity index (χ0) is 14.8. The van der Waals surface area contributed by atoms with Gasteiger partial charge in [-0.3, -0.25) is 0 Å². The molecule has 0 N–H and O–H groups in total. The Balaban J connectivity index is 0.000000636. The molecular formula is C19H18O2. The van der Waals surface area contributed by atoms with Crippen LogP contribution in [0.3, 0.4) is 0 Å². The van der Waals surface area contributed by atoms with Gasteiger partial charge in [-0.15, -0.1) is 0 Å². The molecule has 0 saturated heterocycles. The molecule has 2 nitrogen and oxygen atoms in total. The van der Waals surface area contributed by atoms with Crippen LogP contribution in [0.1, 0.15) is 19.4 Å². The Labute approximate surface area is 124 Å². The van der Waals surface area contributed by atoms with Gasteiger partial charge in [0.1, 0.15) is 11.2 Å². The average molecular weight is 278 g/mol. The summed E-state index contributed by atoms with van der Waals surface area (Å²) in [6.07, 6.45) is 3.47. The van der Waals surface area contributed by atoms with E-state index >= 15 is 0 Å². The first kappa shape index (κ1) is 13.5. The van der Waals surface area contributed by atoms with Crippen LogP contribution in [-0.2, 0) is 0 Å². The van der Waals surface area contributed by atoms with E-state index in [0.717, 1.165) is 38.6 Å². The molecule has 0 radical (unpaired) electrons. The SMILES string of the molecule is CC.Cc1ccc(-c2cccc3ccoc23)c2ccoc12. The number of aryl methyl sites for hydroxylation is 1. The van der Waals surface area contributed by atoms with Gasteiger partial charge in [-0.2, -0.15) is 0 Å². The predicted octanol–water partition coefficient (Wildman–Crippen LogP) is 6.18. The quantitative estimate of drug-likeness (QED) is 0.415. The lowest BCUT2D eigenvalue weighted by Gasteiger charge is -2.05. The Morgan fingerprint density at radius 3 is 2.33 bits per heavy atom. The topological polar surface area (TPSA) is 26.3 Å². The van der Waals surface area contributed by atoms with Crippen LogP contribution in [0.25, 0.3) is 33.1 Å². The van der Waals surface area contributed by atoms with E-state index in [4.69, 9.17) is 8.83 Å². The highest BCUT2D eigenvalue weighted by Gasteiger charge is 2.12. The van der Waals surface area contributed by atoms with Crippen molar-refractivity contribution in [1.29, 1.82) is 0 Å². The third-order valence-corrected chi connectivity index (χ3v) is 3.58. The highest BCUT2D eigenvalue weighted by Crippen LogP contribution is 2.35. The lowest BCUT2D eigenvalue weighted by atomic mass is 9.98. The number of para-hydroxylation sites is 1. The molecule has 2 heteroatoms. The molecule has 0 amide bonds. The van der Waals surface area contributed by atoms with Crippen LogP contribution < -0.4 is 0 Å². The number of furan rings is 2. The lowest BCUT2D eigenvalue weighted by Crippen LogP contribution is -1.82. The largest absolute Gasteiger partial charge is 0.464 e. The molecule has 2 aromatic heterocycles. The first-order valence-electron chi connectivity index (χ1n) is 7.28. The monoisotopic (exact) mass is 278 g/mol. The Kier molecular flexibility index (Phi) is 3.53. The summed E-state index contributed by atoms with van der Waals surface area (Å²) in [5, 5.41) is 2.25. The predicted molar refractivity (Wildman–Crippen MR) is 87.5 cm³/mol. The molecule has 0 atom stereocenters. The molecule has 0 bridgehead atoms. The van der Waals surface area contributed by atoms with Crippen molar-refractivity contribution in [3.63, 3.8) is 0 Å². The lowest BCUT2D eigenvalue weighted by molar-refractivity contribution is 0.613. The van der Waals surface area contributed by atoms with Gasteiger partial charge in [-0.25, -0.2) is 0 Å². The average Bonchev–Trinajstić information content (AvgIpc) is 3.19. The van der Waals surface area contributed by atoms with Gasteiger partial charge in [0.2, 0.25) is 0 Å². The Hall–Kier alpha value is -2.48. The minimum Gasteiger partial charge on any atom is -0.464 e. The minimum atomic E-state index is 0.925. The number of fused-ring (bicyclic) bond motifs is 2. The van der Waals surface area contributed by atoms with Gasteiger partial charge in [-0.05, 0) is 30.2 Å². The maximum atomic E-state index is 5.63. The third kappa shape index (κ3) is 2.13. The van der Waals surface area contributed by atoms with Gasteiger partial charge < -0.3 is 8.83 Å². The fourth-order valence-corrected chi connectivity index (χ4v) is 2.64. The van der Waals surface area contributed by atoms with Crippen LogP contribution in [0.5, 0.6) is 0 Å². The normalized spacial score (nSPS) is 10.6. The molecule has 2 heterocycles. The fraction of sp³-hybridized carbons (Fsp3) is 0.158. The van der Waals surface area contributed by atoms with Crippen molar-refractivity contribution < 1.29 is 8.83 Å². The third-order valence-electron chi connectivity index (χ3n) is 3.58. The van der Waals surface area contributed by atoms with Gasteiger partial charge >= 0.3 is 0 Å². The van der Waals surface area contributed by atoms with E-state index in [0.29, 0.717) is 0 Å². The molecular weight excluding hydrogens is 260 g/mol. The Morgan fingerprint density at radius 1 is 0.714 bits per heavy atom. The van der Waals surface area contributed by atoms with Gasteiger partial charge in [0.15, 0.2) is 0 Å². The van der Waals surface area contributed by atoms with Crippen LogP contribution in [0.2, 0.25) is 0 Å². The fourth-order valence-electron chi connectivity index (χ4n) is 2.64. The van der Waals surface area contributed by atoms with Gasteiger partial charge in [0, 0.05) is 16.3 Å². The number of hydrogen-bond acceptors (Lipinski definition) is 2. The van der Waals surface area contributed by atoms with Crippen molar-refractivity contribution in [2.24, 2.45) is 0 Å². The number of rotatable bonds is 1. The molecule has 0 aliphatic rings. The molecule has 4 rings (SSSR count). The summed E-state index contributed by atoms with van der Waals surface area (Å²) in [6.45, 7) is 6.06. The van der Waals surface area contributed by atoms with Gasteiger partial charge in [-0.1, -0.05) is 44.2 Å². The van der Waals surface area contributed by atoms with E-state index in [1.165, 1.54) is 0 Å². The second-order valence-electron chi connectivity index (χ2n) is 4.74. The molecule has 4 aromatic rings. The number of benzene rings is 2. The van der Waals surface area contributed by atoms with E-state index in [1.807, 2.05) is 26.0 Å². The maximum Gasteiger partial charge on any atom is 0.141 e. The van der Waals surface area contributed by atoms with Crippen molar-refractivity contribution in [1.82, 2.24) is 0 Å². The van der Waals surface area contributed by atoms with Crippen LogP contribution in [0, 0.1) is 6.92 Å². The maximum absolute atomic E-state index is 5.63. The summed E-state index contributed by atoms with van der Waals surface area (Å²) in [5.41, 5.74) is 5.27. The second kappa shape index (κ2) is 5.49. The second-order valence-corrected chi connectivity index (χ2v) is 4.74. The summed E-state index contributed by atoms with van der Waals surface area (Å²) >= 11 is 0. The van der Waals surface area contributed by atoms with E-state index < -0.39 is 0 Å². The van der Waals surface area contributed by atoms with Gasteiger partial charge in [0.25, 0.3) is 0 Å². The zero-order valence-corrected chi connectivity index (χ0v) is 12.5. The molecule has 0 fully saturated rings. The first-order chi connectivity index (χ1) is 10.3. The van der Waals surface area contributed by atoms with Crippen molar-refractivity contribution in [3.05, 3.63) is 60.6 Å². The molecule has 0 aliphatic heterocycles. The van der Waals surface area contributed by atoms with Crippen molar-refractivity contribution in [3.8, 4) is 11.1 Å². The van der Waals surface area contributed by atoms with E-state index in [2.05, 4.69) is 37.3 Å². The molecule has 2 aromatic carbocycles. The summed E-state index contributed by atoms with van der Waals surface area (Å²) in [6, 6.07) is 14.4. The Bertz CT molecular complexity index is 881. The number of hydrogen-bond donors (Lipinski definition) is 0. The standard InChI is InChI=1S/C17H12O2.C2H6/c1-11-5-6-13(15-8-10-18-16(11)15)14-4-2-3-12-7-9-19-17(12)14;1-2/h2-10H,1H3;1-2H3. The first-order valence-corrected chi connectivity index (χ1v) is 7.28. The zero-order valence-electron chi connectivity index (χ0n) is 12.5. The summed E-state index contributed by atoms with van der Waals surface area (Å²) in [4.78, 5) is 0. The molecule has 0 spiro atoms. The summed E-state index contributed by atoms with van der Waals surface area (Å²) in [7, 11) is 0. The van der Waals surface area contributed by atoms with Crippen LogP contribution in [-0.4, -0.2) is 0 Å². The minimum absolute atomic E-state index is 0.925. The van der Waals surface area contributed by atoms with E-state index in [1.54, 1.807) is 12.5 Å². The van der Waals surface area contributed by atoms with Crippen molar-refractivity contribution in [2.45, 2.75) is 20.8 Å². The molecule has 21 heavy (non-hydrogen) atoms. The molecule has 0 unspecified atom stereocenters. The van der Waals surface area contributed by atoms with Crippen molar-refractivity contribution >= 4 is 21.9 Å². The van der Waals surface area contributed by atoms with E-state index in [-0.39, 0.29) is 0 Å². The summed E-state index contributed by atoms with van der Waals surface area (Å²) < 4.78 is 11.2. The molecule has 106 valence electrons. The summed E-state index contributed by atoms with van der Waals surface area (Å²) in [5.74, 6) is 0. The highest BCUT2D eigenvalue weighted by atomic mass is 16.3. The van der Waals surface area contributed by atoms with Crippen LogP contribution in [0.15, 0.2) is 63.8 Å². The van der Waals surface area contributed by atoms with Crippen LogP contribution >= 0.6 is 0 Å². The van der Waals surface area contributed by atoms with E-state index in [9.17, 15) is 0 Å². The molecule has 0 aliphatic carbocycles.